The van der Waals surface area contributed by atoms with Crippen molar-refractivity contribution >= 4 is 13.6 Å². The van der Waals surface area contributed by atoms with Crippen LogP contribution in [-0.2, 0) is 18.4 Å². The minimum absolute atomic E-state index is 0.319. The smallest absolute Gasteiger partial charge is 0.440 e. The number of aliphatic carboxylic acids is 1. The van der Waals surface area contributed by atoms with Crippen molar-refractivity contribution in [2.24, 2.45) is 0 Å². The highest BCUT2D eigenvalue weighted by Crippen LogP contribution is 2.61. The molecule has 0 aromatic carbocycles. The number of rotatable bonds is 6. The molecule has 0 amide bonds. The Kier molecular flexibility index (Phi) is 9.11. The van der Waals surface area contributed by atoms with E-state index in [1.807, 2.05) is 6.92 Å². The van der Waals surface area contributed by atoms with Gasteiger partial charge in [-0.05, 0) is 20.8 Å². The van der Waals surface area contributed by atoms with Gasteiger partial charge in [0.25, 0.3) is 0 Å². The van der Waals surface area contributed by atoms with Crippen molar-refractivity contribution in [3.8, 4) is 0 Å². The van der Waals surface area contributed by atoms with E-state index in [1.165, 1.54) is 13.8 Å². The topological polar surface area (TPSA) is 72.8 Å². The first kappa shape index (κ1) is 18.6. The fraction of sp³-hybridized carbons (Fsp3) is 0.667. The summed E-state index contributed by atoms with van der Waals surface area (Å²) in [6.07, 6.45) is 1.75. The highest BCUT2D eigenvalue weighted by atomic mass is 31.2. The summed E-state index contributed by atoms with van der Waals surface area (Å²) in [7, 11) is -4.91. The van der Waals surface area contributed by atoms with Crippen molar-refractivity contribution in [3.05, 3.63) is 12.7 Å². The lowest BCUT2D eigenvalue weighted by atomic mass is 10.7. The van der Waals surface area contributed by atoms with Gasteiger partial charge >= 0.3 is 19.2 Å². The molecule has 0 aliphatic carbocycles. The van der Waals surface area contributed by atoms with Crippen LogP contribution >= 0.6 is 7.60 Å². The predicted octanol–water partition coefficient (Wildman–Crippen LogP) is 3.12. The molecule has 17 heavy (non-hydrogen) atoms. The minimum atomic E-state index is -4.91. The average Bonchev–Trinajstić information content (AvgIpc) is 2.19. The Hall–Kier alpha value is -0.780. The Balaban J connectivity index is 0. The molecule has 0 saturated heterocycles. The zero-order chi connectivity index (χ0) is 14.1. The molecule has 0 bridgehead atoms. The summed E-state index contributed by atoms with van der Waals surface area (Å²) in [6, 6.07) is 0. The van der Waals surface area contributed by atoms with Crippen molar-refractivity contribution in [3.63, 3.8) is 0 Å². The highest BCUT2D eigenvalue weighted by molar-refractivity contribution is 7.56. The van der Waals surface area contributed by atoms with Gasteiger partial charge in [0.15, 0.2) is 0 Å². The van der Waals surface area contributed by atoms with Crippen molar-refractivity contribution in [2.75, 3.05) is 13.2 Å². The van der Waals surface area contributed by atoms with Crippen LogP contribution < -0.4 is 0 Å². The fourth-order valence-electron chi connectivity index (χ4n) is 0.656. The first-order valence-electron chi connectivity index (χ1n) is 4.80. The van der Waals surface area contributed by atoms with Crippen LogP contribution in [0.1, 0.15) is 20.8 Å². The molecule has 0 fully saturated rings. The highest BCUT2D eigenvalue weighted by Gasteiger charge is 2.60. The minimum Gasteiger partial charge on any atom is -0.476 e. The second-order valence-corrected chi connectivity index (χ2v) is 4.66. The molecule has 0 aromatic heterocycles. The Morgan fingerprint density at radius 1 is 1.41 bits per heavy atom. The van der Waals surface area contributed by atoms with E-state index in [2.05, 4.69) is 15.6 Å². The van der Waals surface area contributed by atoms with Gasteiger partial charge in [0, 0.05) is 0 Å². The van der Waals surface area contributed by atoms with Crippen molar-refractivity contribution < 1.29 is 32.3 Å². The second-order valence-electron chi connectivity index (χ2n) is 2.59. The third-order valence-electron chi connectivity index (χ3n) is 1.20. The van der Waals surface area contributed by atoms with Crippen LogP contribution in [0, 0.1) is 0 Å². The number of carboxylic acid groups (broad SMARTS) is 1. The van der Waals surface area contributed by atoms with Crippen molar-refractivity contribution in [1.82, 2.24) is 0 Å². The van der Waals surface area contributed by atoms with Crippen LogP contribution in [0.5, 0.6) is 0 Å². The summed E-state index contributed by atoms with van der Waals surface area (Å²) < 4.78 is 45.4. The number of carbonyl (C=O) groups is 1. The van der Waals surface area contributed by atoms with Gasteiger partial charge in [-0.1, -0.05) is 6.08 Å². The second kappa shape index (κ2) is 8.33. The van der Waals surface area contributed by atoms with E-state index < -0.39 is 19.2 Å². The summed E-state index contributed by atoms with van der Waals surface area (Å²) in [6.45, 7) is 7.23. The Morgan fingerprint density at radius 3 is 1.88 bits per heavy atom. The molecule has 0 radical (unpaired) electrons. The van der Waals surface area contributed by atoms with Crippen molar-refractivity contribution in [1.29, 1.82) is 0 Å². The van der Waals surface area contributed by atoms with Crippen LogP contribution in [0.3, 0.4) is 0 Å². The van der Waals surface area contributed by atoms with E-state index in [9.17, 15) is 18.1 Å². The SMILES string of the molecule is C=CC.CCOP(=O)(OCC)C(F)(F)C(=O)O. The maximum absolute atomic E-state index is 12.9. The van der Waals surface area contributed by atoms with Crippen molar-refractivity contribution in [2.45, 2.75) is 26.4 Å². The van der Waals surface area contributed by atoms with Gasteiger partial charge in [-0.3, -0.25) is 4.57 Å². The molecule has 1 N–H and O–H groups in total. The largest absolute Gasteiger partial charge is 0.476 e. The van der Waals surface area contributed by atoms with E-state index in [4.69, 9.17) is 5.11 Å². The molecule has 0 rings (SSSR count). The third-order valence-corrected chi connectivity index (χ3v) is 3.27. The number of allylic oxidation sites excluding steroid dienone is 1. The molecule has 0 aliphatic heterocycles. The van der Waals surface area contributed by atoms with Crippen LogP contribution in [0.2, 0.25) is 0 Å². The summed E-state index contributed by atoms with van der Waals surface area (Å²) >= 11 is 0. The summed E-state index contributed by atoms with van der Waals surface area (Å²) in [4.78, 5) is 10.1. The van der Waals surface area contributed by atoms with Gasteiger partial charge in [-0.2, -0.15) is 8.78 Å². The first-order valence-corrected chi connectivity index (χ1v) is 6.35. The van der Waals surface area contributed by atoms with Crippen LogP contribution in [0.4, 0.5) is 8.78 Å². The van der Waals surface area contributed by atoms with Crippen LogP contribution in [0.15, 0.2) is 12.7 Å². The van der Waals surface area contributed by atoms with Crippen LogP contribution in [0.25, 0.3) is 0 Å². The van der Waals surface area contributed by atoms with E-state index in [0.29, 0.717) is 0 Å². The van der Waals surface area contributed by atoms with E-state index >= 15 is 0 Å². The number of alkyl halides is 2. The number of hydrogen-bond acceptors (Lipinski definition) is 4. The zero-order valence-electron chi connectivity index (χ0n) is 9.98. The lowest BCUT2D eigenvalue weighted by Gasteiger charge is -2.21. The van der Waals surface area contributed by atoms with E-state index in [0.717, 1.165) is 0 Å². The van der Waals surface area contributed by atoms with Crippen LogP contribution in [-0.4, -0.2) is 30.0 Å². The molecule has 0 unspecified atom stereocenters. The summed E-state index contributed by atoms with van der Waals surface area (Å²) in [5, 5.41) is 8.15. The summed E-state index contributed by atoms with van der Waals surface area (Å²) in [5.41, 5.74) is -4.51. The van der Waals surface area contributed by atoms with Gasteiger partial charge in [0.05, 0.1) is 13.2 Å². The molecule has 0 aromatic rings. The molecule has 0 atom stereocenters. The number of carboxylic acids is 1. The normalized spacial score (nSPS) is 11.4. The molecule has 102 valence electrons. The van der Waals surface area contributed by atoms with Gasteiger partial charge < -0.3 is 14.2 Å². The third kappa shape index (κ3) is 5.39. The molecular formula is C9H17F2O5P. The van der Waals surface area contributed by atoms with E-state index in [1.54, 1.807) is 6.08 Å². The standard InChI is InChI=1S/C6H11F2O5P.C3H6/c1-3-12-14(11,13-4-2)6(7,8)5(9)10;1-3-2/h3-4H2,1-2H3,(H,9,10);3H,1H2,2H3. The maximum Gasteiger partial charge on any atom is 0.440 e. The Bertz CT molecular complexity index is 283. The average molecular weight is 274 g/mol. The summed E-state index contributed by atoms with van der Waals surface area (Å²) in [5.74, 6) is -2.53. The molecule has 0 spiro atoms. The molecule has 0 saturated carbocycles. The van der Waals surface area contributed by atoms with E-state index in [-0.39, 0.29) is 13.2 Å². The van der Waals surface area contributed by atoms with Gasteiger partial charge in [0.1, 0.15) is 0 Å². The molecule has 0 heterocycles. The lowest BCUT2D eigenvalue weighted by molar-refractivity contribution is -0.156. The predicted molar refractivity (Wildman–Crippen MR) is 59.3 cm³/mol. The van der Waals surface area contributed by atoms with Gasteiger partial charge in [0.2, 0.25) is 0 Å². The fourth-order valence-corrected chi connectivity index (χ4v) is 1.97. The van der Waals surface area contributed by atoms with Gasteiger partial charge in [-0.25, -0.2) is 4.79 Å². The zero-order valence-corrected chi connectivity index (χ0v) is 10.9. The maximum atomic E-state index is 12.9. The molecule has 0 aliphatic rings. The Morgan fingerprint density at radius 2 is 1.71 bits per heavy atom. The Labute approximate surface area is 99.0 Å². The quantitative estimate of drug-likeness (QED) is 0.595. The van der Waals surface area contributed by atoms with Gasteiger partial charge in [-0.15, -0.1) is 6.58 Å². The monoisotopic (exact) mass is 274 g/mol. The molecule has 8 heteroatoms. The number of halogens is 2. The molecule has 5 nitrogen and oxygen atoms in total. The number of hydrogen-bond donors (Lipinski definition) is 1. The first-order chi connectivity index (χ1) is 7.73. The molecular weight excluding hydrogens is 257 g/mol. The lowest BCUT2D eigenvalue weighted by Crippen LogP contribution is -2.30.